The van der Waals surface area contributed by atoms with Crippen LogP contribution in [-0.4, -0.2) is 0 Å². The molecule has 0 aliphatic heterocycles. The molecule has 66 valence electrons. The molecule has 0 bridgehead atoms. The Bertz CT molecular complexity index is 273. The summed E-state index contributed by atoms with van der Waals surface area (Å²) >= 11 is 5.95. The van der Waals surface area contributed by atoms with Crippen LogP contribution in [0.15, 0.2) is 18.2 Å². The molecule has 0 heterocycles. The van der Waals surface area contributed by atoms with Crippen molar-refractivity contribution in [2.75, 3.05) is 0 Å². The number of benzene rings is 1. The van der Waals surface area contributed by atoms with Crippen molar-refractivity contribution in [3.63, 3.8) is 0 Å². The quantitative estimate of drug-likeness (QED) is 0.546. The lowest BCUT2D eigenvalue weighted by Gasteiger charge is -2.10. The van der Waals surface area contributed by atoms with E-state index in [0.717, 1.165) is 16.1 Å². The van der Waals surface area contributed by atoms with Crippen molar-refractivity contribution in [2.45, 2.75) is 19.9 Å². The Morgan fingerprint density at radius 2 is 2.17 bits per heavy atom. The second kappa shape index (κ2) is 3.90. The van der Waals surface area contributed by atoms with Crippen molar-refractivity contribution in [3.8, 4) is 0 Å². The molecule has 2 nitrogen and oxygen atoms in total. The van der Waals surface area contributed by atoms with Crippen LogP contribution in [0.3, 0.4) is 0 Å². The minimum Gasteiger partial charge on any atom is -0.271 e. The van der Waals surface area contributed by atoms with Crippen LogP contribution in [0.25, 0.3) is 0 Å². The Balaban J connectivity index is 2.96. The van der Waals surface area contributed by atoms with Gasteiger partial charge in [-0.05, 0) is 31.0 Å². The van der Waals surface area contributed by atoms with Crippen LogP contribution in [0.1, 0.15) is 24.1 Å². The normalized spacial score (nSPS) is 13.0. The Kier molecular flexibility index (Phi) is 3.09. The highest BCUT2D eigenvalue weighted by Crippen LogP contribution is 2.20. The molecule has 1 rings (SSSR count). The zero-order chi connectivity index (χ0) is 9.14. The van der Waals surface area contributed by atoms with Crippen LogP contribution in [-0.2, 0) is 0 Å². The predicted octanol–water partition coefficient (Wildman–Crippen LogP) is 2.17. The molecule has 1 aromatic carbocycles. The van der Waals surface area contributed by atoms with Crippen molar-refractivity contribution < 1.29 is 0 Å². The number of aryl methyl sites for hydroxylation is 1. The third-order valence-corrected chi connectivity index (χ3v) is 2.35. The van der Waals surface area contributed by atoms with Crippen LogP contribution >= 0.6 is 11.6 Å². The molecule has 0 amide bonds. The first kappa shape index (κ1) is 9.52. The third kappa shape index (κ3) is 1.97. The van der Waals surface area contributed by atoms with Gasteiger partial charge in [-0.3, -0.25) is 11.3 Å². The lowest BCUT2D eigenvalue weighted by molar-refractivity contribution is 0.602. The van der Waals surface area contributed by atoms with Gasteiger partial charge in [-0.2, -0.15) is 0 Å². The summed E-state index contributed by atoms with van der Waals surface area (Å²) < 4.78 is 0. The number of hydrazine groups is 1. The Hall–Kier alpha value is -0.570. The van der Waals surface area contributed by atoms with Crippen molar-refractivity contribution in [1.82, 2.24) is 5.43 Å². The Morgan fingerprint density at radius 1 is 1.50 bits per heavy atom. The summed E-state index contributed by atoms with van der Waals surface area (Å²) in [4.78, 5) is 0. The van der Waals surface area contributed by atoms with Gasteiger partial charge in [-0.1, -0.05) is 23.7 Å². The lowest BCUT2D eigenvalue weighted by Crippen LogP contribution is -2.25. The molecule has 3 N–H and O–H groups in total. The average molecular weight is 185 g/mol. The molecule has 0 aromatic heterocycles. The highest BCUT2D eigenvalue weighted by atomic mass is 35.5. The van der Waals surface area contributed by atoms with Crippen LogP contribution in [0.2, 0.25) is 5.02 Å². The molecule has 0 saturated carbocycles. The van der Waals surface area contributed by atoms with E-state index in [9.17, 15) is 0 Å². The first-order valence-electron chi connectivity index (χ1n) is 3.87. The molecule has 12 heavy (non-hydrogen) atoms. The highest BCUT2D eigenvalue weighted by molar-refractivity contribution is 6.31. The van der Waals surface area contributed by atoms with Gasteiger partial charge in [0.2, 0.25) is 0 Å². The summed E-state index contributed by atoms with van der Waals surface area (Å²) in [5.41, 5.74) is 4.86. The second-order valence-corrected chi connectivity index (χ2v) is 3.30. The molecule has 1 aromatic rings. The highest BCUT2D eigenvalue weighted by Gasteiger charge is 2.03. The van der Waals surface area contributed by atoms with E-state index >= 15 is 0 Å². The number of halogens is 1. The van der Waals surface area contributed by atoms with Crippen LogP contribution in [0, 0.1) is 6.92 Å². The maximum atomic E-state index is 5.95. The molecule has 0 radical (unpaired) electrons. The maximum Gasteiger partial charge on any atom is 0.0438 e. The number of hydrogen-bond donors (Lipinski definition) is 2. The van der Waals surface area contributed by atoms with E-state index in [0.29, 0.717) is 0 Å². The number of nitrogens with one attached hydrogen (secondary N) is 1. The molecule has 1 unspecified atom stereocenters. The summed E-state index contributed by atoms with van der Waals surface area (Å²) in [6.45, 7) is 3.97. The molecule has 0 spiro atoms. The van der Waals surface area contributed by atoms with E-state index < -0.39 is 0 Å². The number of rotatable bonds is 2. The summed E-state index contributed by atoms with van der Waals surface area (Å²) in [6, 6.07) is 6.08. The van der Waals surface area contributed by atoms with Crippen molar-refractivity contribution >= 4 is 11.6 Å². The first-order valence-corrected chi connectivity index (χ1v) is 4.25. The van der Waals surface area contributed by atoms with Gasteiger partial charge in [0.25, 0.3) is 0 Å². The summed E-state index contributed by atoms with van der Waals surface area (Å²) in [5, 5.41) is 0.787. The van der Waals surface area contributed by atoms with E-state index in [1.807, 2.05) is 32.0 Å². The molecule has 0 fully saturated rings. The monoisotopic (exact) mass is 184 g/mol. The van der Waals surface area contributed by atoms with Crippen LogP contribution in [0.5, 0.6) is 0 Å². The number of hydrogen-bond acceptors (Lipinski definition) is 2. The SMILES string of the molecule is Cc1ccc(C(C)NN)cc1Cl. The largest absolute Gasteiger partial charge is 0.271 e. The van der Waals surface area contributed by atoms with Crippen molar-refractivity contribution in [1.29, 1.82) is 0 Å². The predicted molar refractivity (Wildman–Crippen MR) is 51.9 cm³/mol. The van der Waals surface area contributed by atoms with Gasteiger partial charge < -0.3 is 0 Å². The fourth-order valence-corrected chi connectivity index (χ4v) is 1.16. The van der Waals surface area contributed by atoms with E-state index in [1.54, 1.807) is 0 Å². The van der Waals surface area contributed by atoms with E-state index in [-0.39, 0.29) is 6.04 Å². The summed E-state index contributed by atoms with van der Waals surface area (Å²) in [6.07, 6.45) is 0. The standard InChI is InChI=1S/C9H13ClN2/c1-6-3-4-8(5-9(6)10)7(2)12-11/h3-5,7,12H,11H2,1-2H3. The Labute approximate surface area is 77.7 Å². The summed E-state index contributed by atoms with van der Waals surface area (Å²) in [5.74, 6) is 5.30. The van der Waals surface area contributed by atoms with E-state index in [4.69, 9.17) is 17.4 Å². The van der Waals surface area contributed by atoms with Crippen LogP contribution in [0.4, 0.5) is 0 Å². The molecule has 0 saturated heterocycles. The molecular weight excluding hydrogens is 172 g/mol. The van der Waals surface area contributed by atoms with Gasteiger partial charge in [0.1, 0.15) is 0 Å². The molecule has 3 heteroatoms. The smallest absolute Gasteiger partial charge is 0.0438 e. The van der Waals surface area contributed by atoms with Gasteiger partial charge in [0.15, 0.2) is 0 Å². The minimum atomic E-state index is 0.142. The zero-order valence-electron chi connectivity index (χ0n) is 7.26. The fraction of sp³-hybridized carbons (Fsp3) is 0.333. The van der Waals surface area contributed by atoms with E-state index in [2.05, 4.69) is 5.43 Å². The molecule has 0 aliphatic rings. The van der Waals surface area contributed by atoms with Gasteiger partial charge in [-0.15, -0.1) is 0 Å². The maximum absolute atomic E-state index is 5.95. The van der Waals surface area contributed by atoms with Gasteiger partial charge in [0, 0.05) is 11.1 Å². The summed E-state index contributed by atoms with van der Waals surface area (Å²) in [7, 11) is 0. The third-order valence-electron chi connectivity index (χ3n) is 1.95. The molecule has 1 atom stereocenters. The van der Waals surface area contributed by atoms with Gasteiger partial charge >= 0.3 is 0 Å². The second-order valence-electron chi connectivity index (χ2n) is 2.90. The molecular formula is C9H13ClN2. The first-order chi connectivity index (χ1) is 5.65. The minimum absolute atomic E-state index is 0.142. The Morgan fingerprint density at radius 3 is 2.67 bits per heavy atom. The number of nitrogens with two attached hydrogens (primary N) is 1. The zero-order valence-corrected chi connectivity index (χ0v) is 8.02. The lowest BCUT2D eigenvalue weighted by atomic mass is 10.1. The molecule has 0 aliphatic carbocycles. The van der Waals surface area contributed by atoms with E-state index in [1.165, 1.54) is 0 Å². The van der Waals surface area contributed by atoms with Crippen molar-refractivity contribution in [2.24, 2.45) is 5.84 Å². The fourth-order valence-electron chi connectivity index (χ4n) is 0.975. The van der Waals surface area contributed by atoms with Gasteiger partial charge in [-0.25, -0.2) is 0 Å². The van der Waals surface area contributed by atoms with Crippen molar-refractivity contribution in [3.05, 3.63) is 34.3 Å². The van der Waals surface area contributed by atoms with Gasteiger partial charge in [0.05, 0.1) is 0 Å². The van der Waals surface area contributed by atoms with Crippen LogP contribution < -0.4 is 11.3 Å². The average Bonchev–Trinajstić information content (AvgIpc) is 2.08. The topological polar surface area (TPSA) is 38.0 Å².